The summed E-state index contributed by atoms with van der Waals surface area (Å²) in [6.45, 7) is 1.80. The molecule has 1 atom stereocenters. The summed E-state index contributed by atoms with van der Waals surface area (Å²) >= 11 is 0. The molecule has 2 N–H and O–H groups in total. The Hall–Kier alpha value is -0.770. The van der Waals surface area contributed by atoms with Crippen LogP contribution in [0.15, 0.2) is 0 Å². The van der Waals surface area contributed by atoms with Gasteiger partial charge in [0, 0.05) is 18.6 Å². The Morgan fingerprint density at radius 2 is 2.08 bits per heavy atom. The average molecular weight is 184 g/mol. The zero-order valence-electron chi connectivity index (χ0n) is 7.70. The molecule has 1 amide bonds. The van der Waals surface area contributed by atoms with Crippen LogP contribution in [-0.4, -0.2) is 41.3 Å². The van der Waals surface area contributed by atoms with Crippen molar-refractivity contribution in [1.29, 1.82) is 0 Å². The van der Waals surface area contributed by atoms with E-state index in [0.29, 0.717) is 6.04 Å². The van der Waals surface area contributed by atoms with Crippen LogP contribution in [0.3, 0.4) is 0 Å². The third-order valence-corrected chi connectivity index (χ3v) is 3.12. The van der Waals surface area contributed by atoms with Gasteiger partial charge >= 0.3 is 6.09 Å². The maximum atomic E-state index is 11.0. The minimum atomic E-state index is -0.738. The van der Waals surface area contributed by atoms with E-state index in [2.05, 4.69) is 5.32 Å². The van der Waals surface area contributed by atoms with Crippen LogP contribution in [0.4, 0.5) is 4.79 Å². The van der Waals surface area contributed by atoms with E-state index < -0.39 is 6.09 Å². The van der Waals surface area contributed by atoms with Crippen LogP contribution in [-0.2, 0) is 0 Å². The van der Waals surface area contributed by atoms with Crippen molar-refractivity contribution in [1.82, 2.24) is 10.2 Å². The molecule has 2 fully saturated rings. The SMILES string of the molecule is O=C(O)N(C1CCC1)C1CCNC1. The zero-order chi connectivity index (χ0) is 9.26. The third kappa shape index (κ3) is 1.63. The highest BCUT2D eigenvalue weighted by molar-refractivity contribution is 5.66. The van der Waals surface area contributed by atoms with Gasteiger partial charge in [0.1, 0.15) is 0 Å². The average Bonchev–Trinajstić information content (AvgIpc) is 2.46. The largest absolute Gasteiger partial charge is 0.465 e. The van der Waals surface area contributed by atoms with Crippen molar-refractivity contribution in [3.63, 3.8) is 0 Å². The van der Waals surface area contributed by atoms with Crippen LogP contribution in [0.25, 0.3) is 0 Å². The highest BCUT2D eigenvalue weighted by Gasteiger charge is 2.35. The summed E-state index contributed by atoms with van der Waals surface area (Å²) in [4.78, 5) is 12.7. The normalized spacial score (nSPS) is 28.5. The van der Waals surface area contributed by atoms with Crippen molar-refractivity contribution in [2.75, 3.05) is 13.1 Å². The topological polar surface area (TPSA) is 52.6 Å². The second-order valence-electron chi connectivity index (χ2n) is 3.92. The molecule has 1 aliphatic heterocycles. The van der Waals surface area contributed by atoms with Gasteiger partial charge in [-0.25, -0.2) is 4.79 Å². The van der Waals surface area contributed by atoms with Gasteiger partial charge in [0.05, 0.1) is 0 Å². The number of nitrogens with one attached hydrogen (secondary N) is 1. The third-order valence-electron chi connectivity index (χ3n) is 3.12. The minimum absolute atomic E-state index is 0.225. The fraction of sp³-hybridized carbons (Fsp3) is 0.889. The lowest BCUT2D eigenvalue weighted by Crippen LogP contribution is -2.50. The predicted molar refractivity (Wildman–Crippen MR) is 48.8 cm³/mol. The lowest BCUT2D eigenvalue weighted by Gasteiger charge is -2.39. The lowest BCUT2D eigenvalue weighted by atomic mass is 9.90. The van der Waals surface area contributed by atoms with Gasteiger partial charge in [-0.05, 0) is 32.2 Å². The Labute approximate surface area is 77.9 Å². The van der Waals surface area contributed by atoms with Crippen LogP contribution in [0.1, 0.15) is 25.7 Å². The molecule has 0 spiro atoms. The van der Waals surface area contributed by atoms with Crippen molar-refractivity contribution in [3.05, 3.63) is 0 Å². The van der Waals surface area contributed by atoms with Gasteiger partial charge in [-0.1, -0.05) is 0 Å². The van der Waals surface area contributed by atoms with Gasteiger partial charge in [0.25, 0.3) is 0 Å². The molecule has 1 saturated carbocycles. The summed E-state index contributed by atoms with van der Waals surface area (Å²) in [5.41, 5.74) is 0. The summed E-state index contributed by atoms with van der Waals surface area (Å²) in [5.74, 6) is 0. The van der Waals surface area contributed by atoms with Gasteiger partial charge in [0.2, 0.25) is 0 Å². The fourth-order valence-electron chi connectivity index (χ4n) is 2.15. The molecule has 1 unspecified atom stereocenters. The molecule has 1 saturated heterocycles. The molecule has 4 heteroatoms. The number of amides is 1. The van der Waals surface area contributed by atoms with E-state index in [4.69, 9.17) is 5.11 Å². The molecule has 2 rings (SSSR count). The van der Waals surface area contributed by atoms with E-state index in [1.807, 2.05) is 0 Å². The number of hydrogen-bond acceptors (Lipinski definition) is 2. The van der Waals surface area contributed by atoms with Crippen molar-refractivity contribution in [3.8, 4) is 0 Å². The Bertz CT molecular complexity index is 198. The molecule has 4 nitrogen and oxygen atoms in total. The van der Waals surface area contributed by atoms with Crippen LogP contribution >= 0.6 is 0 Å². The fourth-order valence-corrected chi connectivity index (χ4v) is 2.15. The van der Waals surface area contributed by atoms with Crippen LogP contribution in [0.2, 0.25) is 0 Å². The van der Waals surface area contributed by atoms with Crippen molar-refractivity contribution < 1.29 is 9.90 Å². The first-order valence-corrected chi connectivity index (χ1v) is 5.01. The molecule has 2 aliphatic rings. The molecule has 74 valence electrons. The van der Waals surface area contributed by atoms with E-state index in [0.717, 1.165) is 32.4 Å². The van der Waals surface area contributed by atoms with E-state index in [-0.39, 0.29) is 6.04 Å². The number of hydrogen-bond donors (Lipinski definition) is 2. The Balaban J connectivity index is 1.98. The molecule has 0 bridgehead atoms. The summed E-state index contributed by atoms with van der Waals surface area (Å²) < 4.78 is 0. The predicted octanol–water partition coefficient (Wildman–Crippen LogP) is 0.881. The first-order valence-electron chi connectivity index (χ1n) is 5.01. The maximum Gasteiger partial charge on any atom is 0.407 e. The monoisotopic (exact) mass is 184 g/mol. The van der Waals surface area contributed by atoms with Crippen LogP contribution in [0, 0.1) is 0 Å². The second kappa shape index (κ2) is 3.54. The van der Waals surface area contributed by atoms with Crippen molar-refractivity contribution in [2.24, 2.45) is 0 Å². The van der Waals surface area contributed by atoms with Gasteiger partial charge in [-0.15, -0.1) is 0 Å². The second-order valence-corrected chi connectivity index (χ2v) is 3.92. The lowest BCUT2D eigenvalue weighted by molar-refractivity contribution is 0.0742. The molecule has 0 radical (unpaired) electrons. The van der Waals surface area contributed by atoms with Gasteiger partial charge in [-0.2, -0.15) is 0 Å². The molecule has 0 aromatic heterocycles. The molecule has 1 heterocycles. The van der Waals surface area contributed by atoms with E-state index in [1.165, 1.54) is 6.42 Å². The maximum absolute atomic E-state index is 11.0. The Morgan fingerprint density at radius 3 is 2.46 bits per heavy atom. The minimum Gasteiger partial charge on any atom is -0.465 e. The highest BCUT2D eigenvalue weighted by Crippen LogP contribution is 2.27. The highest BCUT2D eigenvalue weighted by atomic mass is 16.4. The number of rotatable bonds is 2. The smallest absolute Gasteiger partial charge is 0.407 e. The summed E-state index contributed by atoms with van der Waals surface area (Å²) in [6.07, 6.45) is 3.54. The number of carbonyl (C=O) groups is 1. The van der Waals surface area contributed by atoms with Crippen molar-refractivity contribution in [2.45, 2.75) is 37.8 Å². The molecule has 0 aromatic carbocycles. The Kier molecular flexibility index (Phi) is 2.40. The van der Waals surface area contributed by atoms with E-state index in [1.54, 1.807) is 4.90 Å². The first kappa shape index (κ1) is 8.81. The molecular weight excluding hydrogens is 168 g/mol. The van der Waals surface area contributed by atoms with Crippen LogP contribution in [0.5, 0.6) is 0 Å². The summed E-state index contributed by atoms with van der Waals surface area (Å²) in [6, 6.07) is 0.533. The number of carboxylic acid groups (broad SMARTS) is 1. The number of nitrogens with zero attached hydrogens (tertiary/aromatic N) is 1. The van der Waals surface area contributed by atoms with Gasteiger partial charge < -0.3 is 15.3 Å². The van der Waals surface area contributed by atoms with E-state index >= 15 is 0 Å². The standard InChI is InChI=1S/C9H16N2O2/c12-9(13)11(7-2-1-3-7)8-4-5-10-6-8/h7-8,10H,1-6H2,(H,12,13). The molecule has 13 heavy (non-hydrogen) atoms. The molecule has 1 aliphatic carbocycles. The van der Waals surface area contributed by atoms with Gasteiger partial charge in [-0.3, -0.25) is 0 Å². The van der Waals surface area contributed by atoms with E-state index in [9.17, 15) is 4.79 Å². The Morgan fingerprint density at radius 1 is 1.31 bits per heavy atom. The zero-order valence-corrected chi connectivity index (χ0v) is 7.70. The molecule has 0 aromatic rings. The summed E-state index contributed by atoms with van der Waals surface area (Å²) in [5, 5.41) is 12.3. The first-order chi connectivity index (χ1) is 6.29. The van der Waals surface area contributed by atoms with Gasteiger partial charge in [0.15, 0.2) is 0 Å². The van der Waals surface area contributed by atoms with Crippen molar-refractivity contribution >= 4 is 6.09 Å². The summed E-state index contributed by atoms with van der Waals surface area (Å²) in [7, 11) is 0. The van der Waals surface area contributed by atoms with Crippen LogP contribution < -0.4 is 5.32 Å². The molecular formula is C9H16N2O2. The quantitative estimate of drug-likeness (QED) is 0.670.